The summed E-state index contributed by atoms with van der Waals surface area (Å²) >= 11 is 0. The molecule has 1 aliphatic rings. The van der Waals surface area contributed by atoms with E-state index in [1.807, 2.05) is 12.1 Å². The van der Waals surface area contributed by atoms with Crippen molar-refractivity contribution in [1.29, 1.82) is 0 Å². The number of hydrogen-bond acceptors (Lipinski definition) is 2. The standard InChI is InChI=1S/C18H21NO/c1-12-8-13(2)16(14(3)9-12)10-19-17-11-20-18-7-5-4-6-15(17)18/h4-9,17,19H,10-11H2,1-3H3. The number of nitrogens with one attached hydrogen (secondary N) is 1. The lowest BCUT2D eigenvalue weighted by atomic mass is 9.99. The molecule has 2 aromatic carbocycles. The molecular weight excluding hydrogens is 246 g/mol. The number of benzene rings is 2. The molecule has 0 saturated carbocycles. The molecule has 20 heavy (non-hydrogen) atoms. The van der Waals surface area contributed by atoms with Crippen LogP contribution in [0.1, 0.15) is 33.9 Å². The molecule has 0 fully saturated rings. The third-order valence-electron chi connectivity index (χ3n) is 4.07. The van der Waals surface area contributed by atoms with E-state index in [1.165, 1.54) is 27.8 Å². The van der Waals surface area contributed by atoms with Crippen molar-refractivity contribution in [3.05, 3.63) is 64.2 Å². The van der Waals surface area contributed by atoms with Gasteiger partial charge in [-0.1, -0.05) is 35.9 Å². The van der Waals surface area contributed by atoms with Crippen LogP contribution in [-0.4, -0.2) is 6.61 Å². The number of fused-ring (bicyclic) bond motifs is 1. The van der Waals surface area contributed by atoms with Gasteiger partial charge in [0.05, 0.1) is 6.04 Å². The van der Waals surface area contributed by atoms with Gasteiger partial charge in [-0.3, -0.25) is 0 Å². The molecule has 1 unspecified atom stereocenters. The highest BCUT2D eigenvalue weighted by Gasteiger charge is 2.23. The normalized spacial score (nSPS) is 16.9. The molecule has 1 heterocycles. The van der Waals surface area contributed by atoms with E-state index in [9.17, 15) is 0 Å². The maximum Gasteiger partial charge on any atom is 0.124 e. The van der Waals surface area contributed by atoms with E-state index in [0.717, 1.165) is 18.9 Å². The molecule has 0 spiro atoms. The Hall–Kier alpha value is -1.80. The van der Waals surface area contributed by atoms with Crippen LogP contribution >= 0.6 is 0 Å². The molecule has 0 amide bonds. The van der Waals surface area contributed by atoms with Crippen molar-refractivity contribution >= 4 is 0 Å². The molecule has 2 nitrogen and oxygen atoms in total. The van der Waals surface area contributed by atoms with Crippen LogP contribution in [0.5, 0.6) is 5.75 Å². The Balaban J connectivity index is 1.76. The smallest absolute Gasteiger partial charge is 0.124 e. The quantitative estimate of drug-likeness (QED) is 0.912. The molecule has 2 heteroatoms. The van der Waals surface area contributed by atoms with Crippen LogP contribution in [0.25, 0.3) is 0 Å². The van der Waals surface area contributed by atoms with Crippen LogP contribution in [-0.2, 0) is 6.54 Å². The highest BCUT2D eigenvalue weighted by Crippen LogP contribution is 2.32. The maximum atomic E-state index is 5.72. The molecule has 0 radical (unpaired) electrons. The van der Waals surface area contributed by atoms with Crippen LogP contribution in [0.15, 0.2) is 36.4 Å². The van der Waals surface area contributed by atoms with E-state index in [0.29, 0.717) is 6.04 Å². The summed E-state index contributed by atoms with van der Waals surface area (Å²) in [5.41, 5.74) is 6.73. The number of ether oxygens (including phenoxy) is 1. The van der Waals surface area contributed by atoms with E-state index in [-0.39, 0.29) is 0 Å². The van der Waals surface area contributed by atoms with Gasteiger partial charge in [-0.15, -0.1) is 0 Å². The molecule has 3 rings (SSSR count). The second-order valence-electron chi connectivity index (χ2n) is 5.66. The molecule has 0 saturated heterocycles. The predicted octanol–water partition coefficient (Wildman–Crippen LogP) is 3.84. The molecule has 0 aromatic heterocycles. The molecule has 2 aromatic rings. The van der Waals surface area contributed by atoms with Crippen molar-refractivity contribution in [2.45, 2.75) is 33.4 Å². The van der Waals surface area contributed by atoms with Gasteiger partial charge in [0, 0.05) is 12.1 Å². The molecular formula is C18H21NO. The fourth-order valence-corrected chi connectivity index (χ4v) is 3.05. The monoisotopic (exact) mass is 267 g/mol. The zero-order valence-corrected chi connectivity index (χ0v) is 12.4. The summed E-state index contributed by atoms with van der Waals surface area (Å²) in [6.07, 6.45) is 0. The molecule has 0 aliphatic carbocycles. The lowest BCUT2D eigenvalue weighted by molar-refractivity contribution is 0.310. The summed E-state index contributed by atoms with van der Waals surface area (Å²) in [6, 6.07) is 13.1. The van der Waals surface area contributed by atoms with E-state index < -0.39 is 0 Å². The maximum absolute atomic E-state index is 5.72. The largest absolute Gasteiger partial charge is 0.491 e. The van der Waals surface area contributed by atoms with Crippen molar-refractivity contribution in [3.63, 3.8) is 0 Å². The molecule has 0 bridgehead atoms. The Morgan fingerprint density at radius 3 is 2.55 bits per heavy atom. The van der Waals surface area contributed by atoms with Crippen LogP contribution in [0.4, 0.5) is 0 Å². The Morgan fingerprint density at radius 1 is 1.10 bits per heavy atom. The van der Waals surface area contributed by atoms with E-state index >= 15 is 0 Å². The van der Waals surface area contributed by atoms with Gasteiger partial charge in [0.1, 0.15) is 12.4 Å². The summed E-state index contributed by atoms with van der Waals surface area (Å²) in [4.78, 5) is 0. The first-order valence-electron chi connectivity index (χ1n) is 7.17. The minimum absolute atomic E-state index is 0.298. The highest BCUT2D eigenvalue weighted by molar-refractivity contribution is 5.40. The minimum atomic E-state index is 0.298. The second-order valence-corrected chi connectivity index (χ2v) is 5.66. The Kier molecular flexibility index (Phi) is 3.49. The Morgan fingerprint density at radius 2 is 1.80 bits per heavy atom. The summed E-state index contributed by atoms with van der Waals surface area (Å²) < 4.78 is 5.72. The number of hydrogen-bond donors (Lipinski definition) is 1. The lowest BCUT2D eigenvalue weighted by Crippen LogP contribution is -2.23. The molecule has 104 valence electrons. The third-order valence-corrected chi connectivity index (χ3v) is 4.07. The van der Waals surface area contributed by atoms with Crippen LogP contribution in [0.3, 0.4) is 0 Å². The van der Waals surface area contributed by atoms with Crippen molar-refractivity contribution in [2.24, 2.45) is 0 Å². The zero-order valence-electron chi connectivity index (χ0n) is 12.4. The van der Waals surface area contributed by atoms with Crippen LogP contribution in [0, 0.1) is 20.8 Å². The van der Waals surface area contributed by atoms with Crippen molar-refractivity contribution in [1.82, 2.24) is 5.32 Å². The fraction of sp³-hybridized carbons (Fsp3) is 0.333. The zero-order chi connectivity index (χ0) is 14.1. The van der Waals surface area contributed by atoms with Crippen molar-refractivity contribution in [2.75, 3.05) is 6.61 Å². The number of rotatable bonds is 3. The topological polar surface area (TPSA) is 21.3 Å². The van der Waals surface area contributed by atoms with E-state index in [1.54, 1.807) is 0 Å². The van der Waals surface area contributed by atoms with Gasteiger partial charge in [0.25, 0.3) is 0 Å². The SMILES string of the molecule is Cc1cc(C)c(CNC2COc3ccccc32)c(C)c1. The predicted molar refractivity (Wildman–Crippen MR) is 82.2 cm³/mol. The number of aryl methyl sites for hydroxylation is 3. The van der Waals surface area contributed by atoms with Crippen LogP contribution < -0.4 is 10.1 Å². The van der Waals surface area contributed by atoms with Gasteiger partial charge in [-0.25, -0.2) is 0 Å². The molecule has 1 aliphatic heterocycles. The minimum Gasteiger partial charge on any atom is -0.491 e. The summed E-state index contributed by atoms with van der Waals surface area (Å²) in [5.74, 6) is 1.02. The number of para-hydroxylation sites is 1. The first kappa shape index (κ1) is 13.2. The van der Waals surface area contributed by atoms with Gasteiger partial charge >= 0.3 is 0 Å². The van der Waals surface area contributed by atoms with E-state index in [2.05, 4.69) is 50.4 Å². The van der Waals surface area contributed by atoms with Gasteiger partial charge < -0.3 is 10.1 Å². The van der Waals surface area contributed by atoms with Gasteiger partial charge in [-0.05, 0) is 43.5 Å². The lowest BCUT2D eigenvalue weighted by Gasteiger charge is -2.16. The third kappa shape index (κ3) is 2.44. The Bertz CT molecular complexity index is 610. The van der Waals surface area contributed by atoms with E-state index in [4.69, 9.17) is 4.74 Å². The fourth-order valence-electron chi connectivity index (χ4n) is 3.05. The van der Waals surface area contributed by atoms with Crippen LogP contribution in [0.2, 0.25) is 0 Å². The average molecular weight is 267 g/mol. The van der Waals surface area contributed by atoms with Gasteiger partial charge in [0.15, 0.2) is 0 Å². The first-order chi connectivity index (χ1) is 9.65. The average Bonchev–Trinajstić information content (AvgIpc) is 2.81. The summed E-state index contributed by atoms with van der Waals surface area (Å²) in [5, 5.41) is 3.63. The molecule has 1 atom stereocenters. The second kappa shape index (κ2) is 5.29. The summed E-state index contributed by atoms with van der Waals surface area (Å²) in [6.45, 7) is 8.15. The van der Waals surface area contributed by atoms with Crippen molar-refractivity contribution < 1.29 is 4.74 Å². The van der Waals surface area contributed by atoms with Crippen molar-refractivity contribution in [3.8, 4) is 5.75 Å². The highest BCUT2D eigenvalue weighted by atomic mass is 16.5. The molecule has 1 N–H and O–H groups in total. The Labute approximate surface area is 120 Å². The van der Waals surface area contributed by atoms with Gasteiger partial charge in [-0.2, -0.15) is 0 Å². The van der Waals surface area contributed by atoms with Gasteiger partial charge in [0.2, 0.25) is 0 Å². The summed E-state index contributed by atoms with van der Waals surface area (Å²) in [7, 11) is 0. The first-order valence-corrected chi connectivity index (χ1v) is 7.17.